The molecule has 0 radical (unpaired) electrons. The van der Waals surface area contributed by atoms with Crippen LogP contribution in [-0.2, 0) is 4.79 Å². The summed E-state index contributed by atoms with van der Waals surface area (Å²) in [5.74, 6) is 1.00. The van der Waals surface area contributed by atoms with Crippen LogP contribution >= 0.6 is 0 Å². The summed E-state index contributed by atoms with van der Waals surface area (Å²) in [6, 6.07) is 7.61. The Morgan fingerprint density at radius 3 is 2.73 bits per heavy atom. The molecule has 4 rings (SSSR count). The number of aromatic nitrogens is 2. The van der Waals surface area contributed by atoms with Gasteiger partial charge in [0.1, 0.15) is 18.2 Å². The molecule has 160 valence electrons. The van der Waals surface area contributed by atoms with Gasteiger partial charge in [-0.3, -0.25) is 4.79 Å². The van der Waals surface area contributed by atoms with Gasteiger partial charge in [0.25, 0.3) is 5.88 Å². The number of nitrogens with zero attached hydrogens (tertiary/aromatic N) is 3. The summed E-state index contributed by atoms with van der Waals surface area (Å²) < 4.78 is 26.4. The molecule has 1 aliphatic carbocycles. The minimum Gasteiger partial charge on any atom is -0.489 e. The first-order valence-electron chi connectivity index (χ1n) is 10.4. The third kappa shape index (κ3) is 4.98. The van der Waals surface area contributed by atoms with Crippen molar-refractivity contribution in [3.05, 3.63) is 42.0 Å². The van der Waals surface area contributed by atoms with Crippen molar-refractivity contribution in [2.45, 2.75) is 45.3 Å². The topological polar surface area (TPSA) is 76.6 Å². The fourth-order valence-electron chi connectivity index (χ4n) is 3.58. The second-order valence-corrected chi connectivity index (χ2v) is 8.04. The van der Waals surface area contributed by atoms with Crippen molar-refractivity contribution in [2.24, 2.45) is 5.92 Å². The van der Waals surface area contributed by atoms with Crippen molar-refractivity contribution >= 4 is 11.7 Å². The van der Waals surface area contributed by atoms with Gasteiger partial charge < -0.3 is 19.7 Å². The number of nitrogens with one attached hydrogen (secondary N) is 1. The van der Waals surface area contributed by atoms with Gasteiger partial charge in [0.15, 0.2) is 5.82 Å². The standard InChI is InChI=1S/C22H27FN4O3/c1-14(26-15(2)28)17-5-7-18(8-6-17)30-19-9-10-27(11-19)21-20(23)22(25-13-24-21)29-12-16-3-4-16/h5-8,13-14,16,19H,3-4,9-12H2,1-2H3,(H,26,28)/t14-,19?/m0/s1. The van der Waals surface area contributed by atoms with E-state index in [-0.39, 0.29) is 29.8 Å². The van der Waals surface area contributed by atoms with E-state index in [0.717, 1.165) is 30.6 Å². The van der Waals surface area contributed by atoms with Crippen LogP contribution in [0, 0.1) is 11.7 Å². The van der Waals surface area contributed by atoms with Gasteiger partial charge in [-0.2, -0.15) is 9.37 Å². The lowest BCUT2D eigenvalue weighted by Crippen LogP contribution is -2.26. The number of anilines is 1. The minimum absolute atomic E-state index is 0.0279. The largest absolute Gasteiger partial charge is 0.489 e. The number of rotatable bonds is 8. The van der Waals surface area contributed by atoms with Crippen LogP contribution in [0.5, 0.6) is 11.6 Å². The van der Waals surface area contributed by atoms with Gasteiger partial charge in [-0.1, -0.05) is 12.1 Å². The number of halogens is 1. The number of benzene rings is 1. The predicted octanol–water partition coefficient (Wildman–Crippen LogP) is 3.26. The van der Waals surface area contributed by atoms with Gasteiger partial charge in [-0.15, -0.1) is 0 Å². The highest BCUT2D eigenvalue weighted by Crippen LogP contribution is 2.31. The Hall–Kier alpha value is -2.90. The van der Waals surface area contributed by atoms with E-state index in [2.05, 4.69) is 15.3 Å². The van der Waals surface area contributed by atoms with Gasteiger partial charge in [0.2, 0.25) is 11.7 Å². The third-order valence-electron chi connectivity index (χ3n) is 5.44. The zero-order valence-corrected chi connectivity index (χ0v) is 17.3. The Balaban J connectivity index is 1.34. The monoisotopic (exact) mass is 414 g/mol. The number of ether oxygens (including phenoxy) is 2. The van der Waals surface area contributed by atoms with Crippen molar-refractivity contribution in [2.75, 3.05) is 24.6 Å². The van der Waals surface area contributed by atoms with Gasteiger partial charge >= 0.3 is 0 Å². The molecule has 1 amide bonds. The quantitative estimate of drug-likeness (QED) is 0.715. The summed E-state index contributed by atoms with van der Waals surface area (Å²) in [6.07, 6.45) is 4.33. The fourth-order valence-corrected chi connectivity index (χ4v) is 3.58. The summed E-state index contributed by atoms with van der Waals surface area (Å²) >= 11 is 0. The Morgan fingerprint density at radius 1 is 1.27 bits per heavy atom. The molecule has 8 heteroatoms. The molecule has 1 aromatic heterocycles. The molecule has 1 N–H and O–H groups in total. The minimum atomic E-state index is -0.505. The van der Waals surface area contributed by atoms with Crippen molar-refractivity contribution < 1.29 is 18.7 Å². The van der Waals surface area contributed by atoms with Crippen LogP contribution in [0.25, 0.3) is 0 Å². The number of amides is 1. The highest BCUT2D eigenvalue weighted by Gasteiger charge is 2.29. The van der Waals surface area contributed by atoms with Crippen LogP contribution in [0.1, 0.15) is 44.7 Å². The average Bonchev–Trinajstić information content (AvgIpc) is 3.44. The molecular formula is C22H27FN4O3. The molecule has 1 aliphatic heterocycles. The maximum absolute atomic E-state index is 14.8. The summed E-state index contributed by atoms with van der Waals surface area (Å²) in [7, 11) is 0. The number of carbonyl (C=O) groups excluding carboxylic acids is 1. The Kier molecular flexibility index (Phi) is 6.01. The molecule has 1 saturated heterocycles. The first kappa shape index (κ1) is 20.4. The summed E-state index contributed by atoms with van der Waals surface area (Å²) in [5, 5.41) is 2.86. The molecule has 2 heterocycles. The lowest BCUT2D eigenvalue weighted by molar-refractivity contribution is -0.119. The molecule has 30 heavy (non-hydrogen) atoms. The van der Waals surface area contributed by atoms with Gasteiger partial charge in [0.05, 0.1) is 19.2 Å². The first-order valence-corrected chi connectivity index (χ1v) is 10.4. The highest BCUT2D eigenvalue weighted by molar-refractivity contribution is 5.73. The van der Waals surface area contributed by atoms with Crippen molar-refractivity contribution in [3.63, 3.8) is 0 Å². The van der Waals surface area contributed by atoms with E-state index in [0.29, 0.717) is 25.6 Å². The van der Waals surface area contributed by atoms with E-state index < -0.39 is 5.82 Å². The summed E-state index contributed by atoms with van der Waals surface area (Å²) in [6.45, 7) is 5.14. The van der Waals surface area contributed by atoms with Crippen LogP contribution in [0.2, 0.25) is 0 Å². The normalized spacial score (nSPS) is 19.4. The molecule has 2 fully saturated rings. The molecule has 1 aromatic carbocycles. The molecular weight excluding hydrogens is 387 g/mol. The smallest absolute Gasteiger partial charge is 0.255 e. The average molecular weight is 414 g/mol. The molecule has 0 spiro atoms. The molecule has 1 saturated carbocycles. The highest BCUT2D eigenvalue weighted by atomic mass is 19.1. The van der Waals surface area contributed by atoms with Crippen molar-refractivity contribution in [1.29, 1.82) is 0 Å². The Morgan fingerprint density at radius 2 is 2.03 bits per heavy atom. The second kappa shape index (κ2) is 8.85. The number of hydrogen-bond acceptors (Lipinski definition) is 6. The van der Waals surface area contributed by atoms with Gasteiger partial charge in [0, 0.05) is 19.9 Å². The Labute approximate surface area is 175 Å². The fraction of sp³-hybridized carbons (Fsp3) is 0.500. The zero-order valence-electron chi connectivity index (χ0n) is 17.3. The van der Waals surface area contributed by atoms with Crippen LogP contribution in [0.3, 0.4) is 0 Å². The lowest BCUT2D eigenvalue weighted by atomic mass is 10.1. The zero-order chi connectivity index (χ0) is 21.1. The number of hydrogen-bond donors (Lipinski definition) is 1. The lowest BCUT2D eigenvalue weighted by Gasteiger charge is -2.19. The molecule has 2 aliphatic rings. The summed E-state index contributed by atoms with van der Waals surface area (Å²) in [5.41, 5.74) is 1.01. The van der Waals surface area contributed by atoms with Crippen molar-refractivity contribution in [3.8, 4) is 11.6 Å². The number of carbonyl (C=O) groups is 1. The maximum atomic E-state index is 14.8. The maximum Gasteiger partial charge on any atom is 0.255 e. The van der Waals surface area contributed by atoms with Gasteiger partial charge in [-0.25, -0.2) is 4.98 Å². The van der Waals surface area contributed by atoms with E-state index in [1.54, 1.807) is 0 Å². The molecule has 2 aromatic rings. The first-order chi connectivity index (χ1) is 14.5. The third-order valence-corrected chi connectivity index (χ3v) is 5.44. The predicted molar refractivity (Wildman–Crippen MR) is 110 cm³/mol. The summed E-state index contributed by atoms with van der Waals surface area (Å²) in [4.78, 5) is 21.2. The van der Waals surface area contributed by atoms with E-state index in [9.17, 15) is 9.18 Å². The van der Waals surface area contributed by atoms with Crippen LogP contribution in [0.15, 0.2) is 30.6 Å². The molecule has 7 nitrogen and oxygen atoms in total. The Bertz CT molecular complexity index is 888. The van der Waals surface area contributed by atoms with Crippen LogP contribution in [-0.4, -0.2) is 41.7 Å². The molecule has 2 atom stereocenters. The van der Waals surface area contributed by atoms with Crippen LogP contribution in [0.4, 0.5) is 10.2 Å². The molecule has 0 bridgehead atoms. The van der Waals surface area contributed by atoms with E-state index in [1.165, 1.54) is 13.3 Å². The van der Waals surface area contributed by atoms with E-state index in [1.807, 2.05) is 36.1 Å². The van der Waals surface area contributed by atoms with E-state index >= 15 is 0 Å². The SMILES string of the molecule is CC(=O)N[C@@H](C)c1ccc(OC2CCN(c3ncnc(OCC4CC4)c3F)C2)cc1. The van der Waals surface area contributed by atoms with Crippen molar-refractivity contribution in [1.82, 2.24) is 15.3 Å². The molecule has 1 unspecified atom stereocenters. The van der Waals surface area contributed by atoms with E-state index in [4.69, 9.17) is 9.47 Å². The van der Waals surface area contributed by atoms with Crippen LogP contribution < -0.4 is 19.7 Å². The van der Waals surface area contributed by atoms with Gasteiger partial charge in [-0.05, 0) is 43.4 Å². The second-order valence-electron chi connectivity index (χ2n) is 8.04.